The number of hydrogen-bond acceptors (Lipinski definition) is 3. The molecule has 110 valence electrons. The van der Waals surface area contributed by atoms with Crippen LogP contribution in [0.1, 0.15) is 23.2 Å². The van der Waals surface area contributed by atoms with Crippen LogP contribution in [0.4, 0.5) is 14.5 Å². The summed E-state index contributed by atoms with van der Waals surface area (Å²) in [6, 6.07) is 1.68. The van der Waals surface area contributed by atoms with Crippen LogP contribution in [-0.2, 0) is 0 Å². The molecule has 1 saturated heterocycles. The molecule has 20 heavy (non-hydrogen) atoms. The van der Waals surface area contributed by atoms with Crippen LogP contribution in [0.25, 0.3) is 0 Å². The third-order valence-corrected chi connectivity index (χ3v) is 3.73. The maximum absolute atomic E-state index is 13.1. The van der Waals surface area contributed by atoms with Gasteiger partial charge in [-0.05, 0) is 45.0 Å². The second kappa shape index (κ2) is 6.17. The Labute approximate surface area is 116 Å². The average Bonchev–Trinajstić information content (AvgIpc) is 2.42. The van der Waals surface area contributed by atoms with Crippen LogP contribution in [0.2, 0.25) is 0 Å². The smallest absolute Gasteiger partial charge is 0.253 e. The normalized spacial score (nSPS) is 17.1. The van der Waals surface area contributed by atoms with E-state index < -0.39 is 17.5 Å². The lowest BCUT2D eigenvalue weighted by Gasteiger charge is -2.28. The number of halogens is 2. The average molecular weight is 283 g/mol. The van der Waals surface area contributed by atoms with Crippen molar-refractivity contribution in [2.45, 2.75) is 12.8 Å². The van der Waals surface area contributed by atoms with Crippen LogP contribution >= 0.6 is 0 Å². The first-order valence-corrected chi connectivity index (χ1v) is 6.68. The molecule has 0 atom stereocenters. The van der Waals surface area contributed by atoms with Crippen molar-refractivity contribution in [2.75, 3.05) is 32.4 Å². The number of nitrogens with two attached hydrogens (primary N) is 1. The highest BCUT2D eigenvalue weighted by atomic mass is 19.2. The number of nitrogen functional groups attached to an aromatic ring is 1. The third kappa shape index (κ3) is 3.45. The Morgan fingerprint density at radius 1 is 1.35 bits per heavy atom. The number of anilines is 1. The van der Waals surface area contributed by atoms with Gasteiger partial charge in [-0.2, -0.15) is 0 Å². The fourth-order valence-electron chi connectivity index (χ4n) is 2.36. The quantitative estimate of drug-likeness (QED) is 0.829. The first kappa shape index (κ1) is 14.7. The van der Waals surface area contributed by atoms with Crippen molar-refractivity contribution in [1.29, 1.82) is 0 Å². The predicted octanol–water partition coefficient (Wildman–Crippen LogP) is 1.62. The molecule has 2 rings (SSSR count). The van der Waals surface area contributed by atoms with Crippen LogP contribution in [0.3, 0.4) is 0 Å². The molecule has 0 aromatic heterocycles. The van der Waals surface area contributed by atoms with Crippen LogP contribution in [0.15, 0.2) is 12.1 Å². The van der Waals surface area contributed by atoms with Crippen molar-refractivity contribution in [2.24, 2.45) is 5.92 Å². The van der Waals surface area contributed by atoms with E-state index in [0.717, 1.165) is 38.1 Å². The summed E-state index contributed by atoms with van der Waals surface area (Å²) in [5.74, 6) is -2.15. The van der Waals surface area contributed by atoms with Crippen LogP contribution in [0.5, 0.6) is 0 Å². The summed E-state index contributed by atoms with van der Waals surface area (Å²) in [4.78, 5) is 14.2. The standard InChI is InChI=1S/C14H19F2N3O/c1-19-4-2-9(3-5-19)8-18-14(20)10-6-11(15)12(16)7-13(10)17/h6-7,9H,2-5,8,17H2,1H3,(H,18,20). The number of benzene rings is 1. The molecule has 0 saturated carbocycles. The molecule has 1 aliphatic rings. The Morgan fingerprint density at radius 3 is 2.60 bits per heavy atom. The molecule has 4 nitrogen and oxygen atoms in total. The van der Waals surface area contributed by atoms with Crippen LogP contribution < -0.4 is 11.1 Å². The summed E-state index contributed by atoms with van der Waals surface area (Å²) in [6.07, 6.45) is 2.04. The van der Waals surface area contributed by atoms with Crippen LogP contribution in [-0.4, -0.2) is 37.5 Å². The molecular weight excluding hydrogens is 264 g/mol. The van der Waals surface area contributed by atoms with Gasteiger partial charge in [-0.1, -0.05) is 0 Å². The lowest BCUT2D eigenvalue weighted by molar-refractivity contribution is 0.0939. The van der Waals surface area contributed by atoms with Crippen molar-refractivity contribution < 1.29 is 13.6 Å². The molecule has 0 bridgehead atoms. The van der Waals surface area contributed by atoms with Gasteiger partial charge >= 0.3 is 0 Å². The fourth-order valence-corrected chi connectivity index (χ4v) is 2.36. The largest absolute Gasteiger partial charge is 0.398 e. The third-order valence-electron chi connectivity index (χ3n) is 3.73. The number of nitrogens with one attached hydrogen (secondary N) is 1. The molecule has 0 aliphatic carbocycles. The summed E-state index contributed by atoms with van der Waals surface area (Å²) in [6.45, 7) is 2.55. The van der Waals surface area contributed by atoms with Gasteiger partial charge in [-0.15, -0.1) is 0 Å². The molecule has 3 N–H and O–H groups in total. The molecule has 6 heteroatoms. The number of carbonyl (C=O) groups is 1. The molecule has 1 aromatic rings. The molecule has 1 amide bonds. The SMILES string of the molecule is CN1CCC(CNC(=O)c2cc(F)c(F)cc2N)CC1. The van der Waals surface area contributed by atoms with E-state index in [0.29, 0.717) is 12.5 Å². The second-order valence-corrected chi connectivity index (χ2v) is 5.31. The van der Waals surface area contributed by atoms with E-state index in [-0.39, 0.29) is 11.3 Å². The van der Waals surface area contributed by atoms with Crippen molar-refractivity contribution in [3.8, 4) is 0 Å². The number of likely N-dealkylation sites (tertiary alicyclic amines) is 1. The number of piperidine rings is 1. The lowest BCUT2D eigenvalue weighted by Crippen LogP contribution is -2.37. The van der Waals surface area contributed by atoms with Gasteiger partial charge in [0.1, 0.15) is 0 Å². The van der Waals surface area contributed by atoms with Gasteiger partial charge in [0, 0.05) is 18.3 Å². The molecule has 1 aliphatic heterocycles. The second-order valence-electron chi connectivity index (χ2n) is 5.31. The molecule has 0 unspecified atom stereocenters. The summed E-state index contributed by atoms with van der Waals surface area (Å²) >= 11 is 0. The van der Waals surface area contributed by atoms with Crippen LogP contribution in [0, 0.1) is 17.6 Å². The Kier molecular flexibility index (Phi) is 4.54. The lowest BCUT2D eigenvalue weighted by atomic mass is 9.97. The van der Waals surface area contributed by atoms with E-state index in [2.05, 4.69) is 17.3 Å². The maximum atomic E-state index is 13.1. The van der Waals surface area contributed by atoms with Gasteiger partial charge < -0.3 is 16.0 Å². The molecule has 0 radical (unpaired) electrons. The van der Waals surface area contributed by atoms with Gasteiger partial charge in [-0.3, -0.25) is 4.79 Å². The van der Waals surface area contributed by atoms with Gasteiger partial charge in [0.05, 0.1) is 5.56 Å². The topological polar surface area (TPSA) is 58.4 Å². The molecule has 1 heterocycles. The monoisotopic (exact) mass is 283 g/mol. The summed E-state index contributed by atoms with van der Waals surface area (Å²) in [7, 11) is 2.07. The van der Waals surface area contributed by atoms with E-state index in [4.69, 9.17) is 5.73 Å². The van der Waals surface area contributed by atoms with Gasteiger partial charge in [0.15, 0.2) is 11.6 Å². The molecule has 0 spiro atoms. The molecule has 1 aromatic carbocycles. The number of carbonyl (C=O) groups excluding carboxylic acids is 1. The van der Waals surface area contributed by atoms with Crippen molar-refractivity contribution in [1.82, 2.24) is 10.2 Å². The van der Waals surface area contributed by atoms with Crippen molar-refractivity contribution >= 4 is 11.6 Å². The van der Waals surface area contributed by atoms with Crippen molar-refractivity contribution in [3.63, 3.8) is 0 Å². The minimum atomic E-state index is -1.07. The Bertz CT molecular complexity index is 499. The predicted molar refractivity (Wildman–Crippen MR) is 73.3 cm³/mol. The Balaban J connectivity index is 1.93. The highest BCUT2D eigenvalue weighted by molar-refractivity contribution is 5.99. The number of hydrogen-bond donors (Lipinski definition) is 2. The van der Waals surface area contributed by atoms with Gasteiger partial charge in [-0.25, -0.2) is 8.78 Å². The maximum Gasteiger partial charge on any atom is 0.253 e. The zero-order valence-corrected chi connectivity index (χ0v) is 11.5. The van der Waals surface area contributed by atoms with E-state index in [1.54, 1.807) is 0 Å². The summed E-state index contributed by atoms with van der Waals surface area (Å²) in [5.41, 5.74) is 5.48. The van der Waals surface area contributed by atoms with E-state index in [9.17, 15) is 13.6 Å². The fraction of sp³-hybridized carbons (Fsp3) is 0.500. The first-order chi connectivity index (χ1) is 9.47. The summed E-state index contributed by atoms with van der Waals surface area (Å²) < 4.78 is 26.1. The Hall–Kier alpha value is -1.69. The minimum Gasteiger partial charge on any atom is -0.398 e. The summed E-state index contributed by atoms with van der Waals surface area (Å²) in [5, 5.41) is 2.74. The van der Waals surface area contributed by atoms with E-state index >= 15 is 0 Å². The number of nitrogens with zero attached hydrogens (tertiary/aromatic N) is 1. The highest BCUT2D eigenvalue weighted by Gasteiger charge is 2.19. The van der Waals surface area contributed by atoms with E-state index in [1.807, 2.05) is 0 Å². The molecular formula is C14H19F2N3O. The van der Waals surface area contributed by atoms with Crippen molar-refractivity contribution in [3.05, 3.63) is 29.3 Å². The molecule has 1 fully saturated rings. The zero-order valence-electron chi connectivity index (χ0n) is 11.5. The zero-order chi connectivity index (χ0) is 14.7. The van der Waals surface area contributed by atoms with Gasteiger partial charge in [0.2, 0.25) is 0 Å². The van der Waals surface area contributed by atoms with E-state index in [1.165, 1.54) is 0 Å². The van der Waals surface area contributed by atoms with Gasteiger partial charge in [0.25, 0.3) is 5.91 Å². The first-order valence-electron chi connectivity index (χ1n) is 6.68. The number of rotatable bonds is 3. The number of amides is 1. The minimum absolute atomic E-state index is 0.0168. The Morgan fingerprint density at radius 2 is 1.95 bits per heavy atom. The highest BCUT2D eigenvalue weighted by Crippen LogP contribution is 2.18.